The van der Waals surface area contributed by atoms with Gasteiger partial charge in [0, 0.05) is 25.2 Å². The van der Waals surface area contributed by atoms with Crippen molar-refractivity contribution in [3.05, 3.63) is 94.5 Å². The summed E-state index contributed by atoms with van der Waals surface area (Å²) in [6.07, 6.45) is 1.65. The minimum Gasteiger partial charge on any atom is -0.497 e. The van der Waals surface area contributed by atoms with Gasteiger partial charge in [-0.05, 0) is 55.3 Å². The van der Waals surface area contributed by atoms with Crippen molar-refractivity contribution >= 4 is 33.2 Å². The molecule has 3 aromatic rings. The molecule has 0 fully saturated rings. The number of nitro benzene ring substituents is 1. The fourth-order valence-electron chi connectivity index (χ4n) is 4.04. The minimum absolute atomic E-state index is 0.0324. The lowest BCUT2D eigenvalue weighted by atomic mass is 10.1. The van der Waals surface area contributed by atoms with E-state index >= 15 is 0 Å². The van der Waals surface area contributed by atoms with Gasteiger partial charge < -0.3 is 15.0 Å². The van der Waals surface area contributed by atoms with Gasteiger partial charge in [-0.3, -0.25) is 24.0 Å². The number of ether oxygens (including phenoxy) is 1. The number of amides is 2. The van der Waals surface area contributed by atoms with Crippen LogP contribution < -0.4 is 14.4 Å². The van der Waals surface area contributed by atoms with Crippen LogP contribution in [0.5, 0.6) is 5.75 Å². The number of sulfonamides is 1. The van der Waals surface area contributed by atoms with Crippen LogP contribution in [-0.4, -0.2) is 56.3 Å². The Morgan fingerprint density at radius 1 is 1.00 bits per heavy atom. The molecule has 0 unspecified atom stereocenters. The van der Waals surface area contributed by atoms with Crippen molar-refractivity contribution in [2.75, 3.05) is 24.5 Å². The van der Waals surface area contributed by atoms with Gasteiger partial charge in [0.25, 0.3) is 15.7 Å². The first-order chi connectivity index (χ1) is 19.6. The second-order valence-corrected chi connectivity index (χ2v) is 11.2. The largest absolute Gasteiger partial charge is 0.497 e. The van der Waals surface area contributed by atoms with Crippen molar-refractivity contribution in [1.82, 2.24) is 10.2 Å². The van der Waals surface area contributed by atoms with Crippen LogP contribution in [0.15, 0.2) is 83.8 Å². The number of nitrogens with zero attached hydrogens (tertiary/aromatic N) is 3. The molecule has 0 aliphatic heterocycles. The Kier molecular flexibility index (Phi) is 10.8. The van der Waals surface area contributed by atoms with Crippen LogP contribution in [0.3, 0.4) is 0 Å². The highest BCUT2D eigenvalue weighted by Gasteiger charge is 2.32. The lowest BCUT2D eigenvalue weighted by Crippen LogP contribution is -2.51. The van der Waals surface area contributed by atoms with Crippen molar-refractivity contribution in [2.45, 2.75) is 44.2 Å². The molecule has 0 spiro atoms. The topological polar surface area (TPSA) is 139 Å². The molecular formula is C29H34N4O7S. The average Bonchev–Trinajstić information content (AvgIpc) is 2.99. The SMILES string of the molecule is CCCCNC(=O)[C@@H](C)N(Cc1ccc(OC)cc1)C(=O)CN(c1ccc([N+](=O)[O-])cc1)S(=O)(=O)c1ccccc1. The Labute approximate surface area is 239 Å². The first kappa shape index (κ1) is 31.1. The molecule has 0 saturated heterocycles. The van der Waals surface area contributed by atoms with Crippen LogP contribution in [0.4, 0.5) is 11.4 Å². The summed E-state index contributed by atoms with van der Waals surface area (Å²) >= 11 is 0. The van der Waals surface area contributed by atoms with Gasteiger partial charge in [0.15, 0.2) is 0 Å². The lowest BCUT2D eigenvalue weighted by molar-refractivity contribution is -0.384. The van der Waals surface area contributed by atoms with E-state index in [1.54, 1.807) is 49.4 Å². The zero-order valence-electron chi connectivity index (χ0n) is 23.2. The average molecular weight is 583 g/mol. The van der Waals surface area contributed by atoms with E-state index in [1.165, 1.54) is 48.4 Å². The number of benzene rings is 3. The molecule has 1 N–H and O–H groups in total. The number of nitro groups is 1. The number of non-ortho nitro benzene ring substituents is 1. The van der Waals surface area contributed by atoms with Crippen molar-refractivity contribution in [1.29, 1.82) is 0 Å². The molecular weight excluding hydrogens is 548 g/mol. The number of hydrogen-bond acceptors (Lipinski definition) is 7. The van der Waals surface area contributed by atoms with E-state index < -0.39 is 33.4 Å². The molecule has 0 aliphatic carbocycles. The summed E-state index contributed by atoms with van der Waals surface area (Å²) < 4.78 is 33.6. The Morgan fingerprint density at radius 2 is 1.63 bits per heavy atom. The highest BCUT2D eigenvalue weighted by molar-refractivity contribution is 7.92. The van der Waals surface area contributed by atoms with Crippen LogP contribution in [0, 0.1) is 10.1 Å². The van der Waals surface area contributed by atoms with E-state index in [2.05, 4.69) is 5.32 Å². The second-order valence-electron chi connectivity index (χ2n) is 9.29. The molecule has 0 aliphatic rings. The predicted octanol–water partition coefficient (Wildman–Crippen LogP) is 4.13. The van der Waals surface area contributed by atoms with Crippen LogP contribution >= 0.6 is 0 Å². The van der Waals surface area contributed by atoms with Gasteiger partial charge in [0.05, 0.1) is 22.6 Å². The van der Waals surface area contributed by atoms with E-state index in [4.69, 9.17) is 4.74 Å². The zero-order chi connectivity index (χ0) is 30.0. The van der Waals surface area contributed by atoms with Gasteiger partial charge in [0.2, 0.25) is 11.8 Å². The third-order valence-corrected chi connectivity index (χ3v) is 8.26. The number of rotatable bonds is 14. The summed E-state index contributed by atoms with van der Waals surface area (Å²) in [5.74, 6) is -0.375. The standard InChI is InChI=1S/C29H34N4O7S/c1-4-5-19-30-29(35)22(2)31(20-23-11-17-26(40-3)18-12-23)28(34)21-32(24-13-15-25(16-14-24)33(36)37)41(38,39)27-9-7-6-8-10-27/h6-18,22H,4-5,19-21H2,1-3H3,(H,30,35)/t22-/m1/s1. The number of methoxy groups -OCH3 is 1. The fraction of sp³-hybridized carbons (Fsp3) is 0.310. The minimum atomic E-state index is -4.26. The quantitative estimate of drug-likeness (QED) is 0.171. The van der Waals surface area contributed by atoms with Crippen LogP contribution in [-0.2, 0) is 26.2 Å². The summed E-state index contributed by atoms with van der Waals surface area (Å²) in [5, 5.41) is 14.0. The van der Waals surface area contributed by atoms with Crippen molar-refractivity contribution in [3.63, 3.8) is 0 Å². The second kappa shape index (κ2) is 14.3. The zero-order valence-corrected chi connectivity index (χ0v) is 24.0. The Hall–Kier alpha value is -4.45. The number of carbonyl (C=O) groups is 2. The molecule has 3 rings (SSSR count). The van der Waals surface area contributed by atoms with E-state index in [0.717, 1.165) is 17.1 Å². The van der Waals surface area contributed by atoms with E-state index in [9.17, 15) is 28.1 Å². The maximum absolute atomic E-state index is 13.9. The Balaban J connectivity index is 2.00. The highest BCUT2D eigenvalue weighted by Crippen LogP contribution is 2.26. The molecule has 11 nitrogen and oxygen atoms in total. The molecule has 12 heteroatoms. The third-order valence-electron chi connectivity index (χ3n) is 6.47. The van der Waals surface area contributed by atoms with Crippen molar-refractivity contribution in [2.24, 2.45) is 0 Å². The third kappa shape index (κ3) is 8.04. The van der Waals surface area contributed by atoms with Gasteiger partial charge in [-0.25, -0.2) is 8.42 Å². The molecule has 218 valence electrons. The van der Waals surface area contributed by atoms with Crippen molar-refractivity contribution < 1.29 is 27.7 Å². The van der Waals surface area contributed by atoms with E-state index in [0.29, 0.717) is 17.9 Å². The van der Waals surface area contributed by atoms with Gasteiger partial charge in [0.1, 0.15) is 18.3 Å². The van der Waals surface area contributed by atoms with Crippen LogP contribution in [0.1, 0.15) is 32.3 Å². The molecule has 3 aromatic carbocycles. The Morgan fingerprint density at radius 3 is 2.20 bits per heavy atom. The van der Waals surface area contributed by atoms with E-state index in [1.807, 2.05) is 6.92 Å². The molecule has 0 bridgehead atoms. The smallest absolute Gasteiger partial charge is 0.269 e. The molecule has 0 radical (unpaired) electrons. The molecule has 0 saturated carbocycles. The predicted molar refractivity (Wildman–Crippen MR) is 155 cm³/mol. The summed E-state index contributed by atoms with van der Waals surface area (Å²) in [6, 6.07) is 18.5. The number of nitrogens with one attached hydrogen (secondary N) is 1. The van der Waals surface area contributed by atoms with Crippen molar-refractivity contribution in [3.8, 4) is 5.75 Å². The number of anilines is 1. The number of hydrogen-bond donors (Lipinski definition) is 1. The highest BCUT2D eigenvalue weighted by atomic mass is 32.2. The normalized spacial score (nSPS) is 11.8. The lowest BCUT2D eigenvalue weighted by Gasteiger charge is -2.32. The fourth-order valence-corrected chi connectivity index (χ4v) is 5.47. The summed E-state index contributed by atoms with van der Waals surface area (Å²) in [4.78, 5) is 38.7. The van der Waals surface area contributed by atoms with Gasteiger partial charge in [-0.1, -0.05) is 43.7 Å². The Bertz CT molecular complexity index is 1430. The molecule has 1 atom stereocenters. The van der Waals surface area contributed by atoms with Gasteiger partial charge in [-0.2, -0.15) is 0 Å². The molecule has 0 aromatic heterocycles. The monoisotopic (exact) mass is 582 g/mol. The molecule has 41 heavy (non-hydrogen) atoms. The first-order valence-electron chi connectivity index (χ1n) is 13.1. The van der Waals surface area contributed by atoms with Gasteiger partial charge >= 0.3 is 0 Å². The summed E-state index contributed by atoms with van der Waals surface area (Å²) in [5.41, 5.74) is 0.549. The van der Waals surface area contributed by atoms with E-state index in [-0.39, 0.29) is 28.7 Å². The summed E-state index contributed by atoms with van der Waals surface area (Å²) in [6.45, 7) is 3.42. The number of unbranched alkanes of at least 4 members (excludes halogenated alkanes) is 1. The maximum atomic E-state index is 13.9. The molecule has 0 heterocycles. The number of carbonyl (C=O) groups excluding carboxylic acids is 2. The first-order valence-corrected chi connectivity index (χ1v) is 14.5. The molecule has 2 amide bonds. The van der Waals surface area contributed by atoms with Crippen LogP contribution in [0.2, 0.25) is 0 Å². The maximum Gasteiger partial charge on any atom is 0.269 e. The van der Waals surface area contributed by atoms with Gasteiger partial charge in [-0.15, -0.1) is 0 Å². The summed E-state index contributed by atoms with van der Waals surface area (Å²) in [7, 11) is -2.73. The van der Waals surface area contributed by atoms with Crippen LogP contribution in [0.25, 0.3) is 0 Å².